The van der Waals surface area contributed by atoms with Crippen LogP contribution in [0, 0.1) is 0 Å². The third kappa shape index (κ3) is 3.06. The zero-order chi connectivity index (χ0) is 11.4. The van der Waals surface area contributed by atoms with E-state index < -0.39 is 0 Å². The first-order valence-electron chi connectivity index (χ1n) is 6.01. The molecule has 1 aliphatic carbocycles. The largest absolute Gasteiger partial charge is 0.329 e. The third-order valence-electron chi connectivity index (χ3n) is 3.28. The molecule has 1 saturated carbocycles. The molecule has 0 bridgehead atoms. The van der Waals surface area contributed by atoms with Crippen LogP contribution in [-0.4, -0.2) is 12.6 Å². The Labute approximate surface area is 106 Å². The number of rotatable bonds is 4. The first kappa shape index (κ1) is 12.1. The topological polar surface area (TPSA) is 38.0 Å². The zero-order valence-electron chi connectivity index (χ0n) is 9.45. The van der Waals surface area contributed by atoms with Crippen molar-refractivity contribution in [1.29, 1.82) is 0 Å². The molecule has 2 rings (SSSR count). The lowest BCUT2D eigenvalue weighted by molar-refractivity contribution is 0.444. The van der Waals surface area contributed by atoms with Gasteiger partial charge in [-0.05, 0) is 30.5 Å². The van der Waals surface area contributed by atoms with Gasteiger partial charge in [0.05, 0.1) is 0 Å². The van der Waals surface area contributed by atoms with E-state index in [1.807, 2.05) is 6.07 Å². The summed E-state index contributed by atoms with van der Waals surface area (Å²) in [4.78, 5) is 0. The summed E-state index contributed by atoms with van der Waals surface area (Å²) in [5.41, 5.74) is 7.14. The maximum absolute atomic E-state index is 5.86. The van der Waals surface area contributed by atoms with Gasteiger partial charge >= 0.3 is 0 Å². The highest BCUT2D eigenvalue weighted by atomic mass is 79.9. The standard InChI is InChI=1S/C13H19BrN2/c14-11-5-3-4-10(8-11)13(9-15)16-12-6-1-2-7-12/h3-5,8,12-13,16H,1-2,6-7,9,15H2. The van der Waals surface area contributed by atoms with Gasteiger partial charge in [-0.25, -0.2) is 0 Å². The van der Waals surface area contributed by atoms with Crippen LogP contribution in [-0.2, 0) is 0 Å². The molecule has 1 unspecified atom stereocenters. The minimum absolute atomic E-state index is 0.292. The van der Waals surface area contributed by atoms with Crippen molar-refractivity contribution in [1.82, 2.24) is 5.32 Å². The number of hydrogen-bond acceptors (Lipinski definition) is 2. The van der Waals surface area contributed by atoms with Gasteiger partial charge in [-0.3, -0.25) is 0 Å². The fourth-order valence-corrected chi connectivity index (χ4v) is 2.82. The Bertz CT molecular complexity index is 334. The van der Waals surface area contributed by atoms with E-state index in [-0.39, 0.29) is 0 Å². The van der Waals surface area contributed by atoms with Crippen molar-refractivity contribution in [2.75, 3.05) is 6.54 Å². The Kier molecular flexibility index (Phi) is 4.38. The first-order chi connectivity index (χ1) is 7.79. The molecule has 1 aromatic rings. The molecule has 0 amide bonds. The Morgan fingerprint density at radius 2 is 2.12 bits per heavy atom. The molecule has 0 spiro atoms. The molecule has 3 heteroatoms. The highest BCUT2D eigenvalue weighted by Gasteiger charge is 2.19. The van der Waals surface area contributed by atoms with E-state index in [2.05, 4.69) is 39.4 Å². The minimum atomic E-state index is 0.292. The second kappa shape index (κ2) is 5.80. The van der Waals surface area contributed by atoms with E-state index in [1.54, 1.807) is 0 Å². The van der Waals surface area contributed by atoms with Crippen molar-refractivity contribution in [2.24, 2.45) is 5.73 Å². The highest BCUT2D eigenvalue weighted by molar-refractivity contribution is 9.10. The second-order valence-corrected chi connectivity index (χ2v) is 5.41. The van der Waals surface area contributed by atoms with Crippen LogP contribution in [0.2, 0.25) is 0 Å². The molecule has 88 valence electrons. The number of nitrogens with one attached hydrogen (secondary N) is 1. The molecule has 1 fully saturated rings. The van der Waals surface area contributed by atoms with Crippen molar-refractivity contribution < 1.29 is 0 Å². The predicted octanol–water partition coefficient (Wildman–Crippen LogP) is 2.98. The molecule has 1 aliphatic rings. The lowest BCUT2D eigenvalue weighted by Crippen LogP contribution is -2.35. The summed E-state index contributed by atoms with van der Waals surface area (Å²) >= 11 is 3.50. The lowest BCUT2D eigenvalue weighted by atomic mass is 10.1. The highest BCUT2D eigenvalue weighted by Crippen LogP contribution is 2.23. The molecule has 0 heterocycles. The van der Waals surface area contributed by atoms with Crippen molar-refractivity contribution in [2.45, 2.75) is 37.8 Å². The second-order valence-electron chi connectivity index (χ2n) is 4.49. The van der Waals surface area contributed by atoms with E-state index in [0.717, 1.165) is 4.47 Å². The van der Waals surface area contributed by atoms with Crippen molar-refractivity contribution in [3.8, 4) is 0 Å². The summed E-state index contributed by atoms with van der Waals surface area (Å²) in [6.45, 7) is 0.660. The molecule has 0 radical (unpaired) electrons. The normalized spacial score (nSPS) is 18.9. The molecular weight excluding hydrogens is 264 g/mol. The smallest absolute Gasteiger partial charge is 0.0447 e. The van der Waals surface area contributed by atoms with Crippen molar-refractivity contribution >= 4 is 15.9 Å². The van der Waals surface area contributed by atoms with Gasteiger partial charge in [0.15, 0.2) is 0 Å². The first-order valence-corrected chi connectivity index (χ1v) is 6.80. The Balaban J connectivity index is 2.03. The van der Waals surface area contributed by atoms with Gasteiger partial charge in [-0.1, -0.05) is 40.9 Å². The van der Waals surface area contributed by atoms with E-state index in [4.69, 9.17) is 5.73 Å². The molecule has 0 aromatic heterocycles. The van der Waals surface area contributed by atoms with Gasteiger partial charge < -0.3 is 11.1 Å². The van der Waals surface area contributed by atoms with Gasteiger partial charge in [0.25, 0.3) is 0 Å². The quantitative estimate of drug-likeness (QED) is 0.891. The third-order valence-corrected chi connectivity index (χ3v) is 3.77. The van der Waals surface area contributed by atoms with E-state index in [0.29, 0.717) is 18.6 Å². The zero-order valence-corrected chi connectivity index (χ0v) is 11.0. The molecule has 3 N–H and O–H groups in total. The maximum Gasteiger partial charge on any atom is 0.0447 e. The average molecular weight is 283 g/mol. The summed E-state index contributed by atoms with van der Waals surface area (Å²) < 4.78 is 1.12. The monoisotopic (exact) mass is 282 g/mol. The fourth-order valence-electron chi connectivity index (χ4n) is 2.40. The van der Waals surface area contributed by atoms with Crippen LogP contribution in [0.4, 0.5) is 0 Å². The van der Waals surface area contributed by atoms with Crippen LogP contribution < -0.4 is 11.1 Å². The molecule has 1 atom stereocenters. The molecule has 1 aromatic carbocycles. The molecular formula is C13H19BrN2. The van der Waals surface area contributed by atoms with E-state index in [9.17, 15) is 0 Å². The van der Waals surface area contributed by atoms with Crippen LogP contribution in [0.1, 0.15) is 37.3 Å². The summed E-state index contributed by atoms with van der Waals surface area (Å²) in [6, 6.07) is 9.36. The van der Waals surface area contributed by atoms with Crippen molar-refractivity contribution in [3.63, 3.8) is 0 Å². The van der Waals surface area contributed by atoms with Crippen LogP contribution in [0.5, 0.6) is 0 Å². The SMILES string of the molecule is NCC(NC1CCCC1)c1cccc(Br)c1. The van der Waals surface area contributed by atoms with Gasteiger partial charge in [0.2, 0.25) is 0 Å². The van der Waals surface area contributed by atoms with Crippen molar-refractivity contribution in [3.05, 3.63) is 34.3 Å². The average Bonchev–Trinajstić information content (AvgIpc) is 2.78. The maximum atomic E-state index is 5.86. The summed E-state index contributed by atoms with van der Waals surface area (Å²) in [6.07, 6.45) is 5.30. The number of nitrogens with two attached hydrogens (primary N) is 1. The Morgan fingerprint density at radius 3 is 2.75 bits per heavy atom. The number of halogens is 1. The fraction of sp³-hybridized carbons (Fsp3) is 0.538. The molecule has 2 nitrogen and oxygen atoms in total. The Hall–Kier alpha value is -0.380. The van der Waals surface area contributed by atoms with Crippen LogP contribution in [0.25, 0.3) is 0 Å². The van der Waals surface area contributed by atoms with E-state index in [1.165, 1.54) is 31.2 Å². The lowest BCUT2D eigenvalue weighted by Gasteiger charge is -2.22. The van der Waals surface area contributed by atoms with Gasteiger partial charge in [0, 0.05) is 23.1 Å². The number of benzene rings is 1. The van der Waals surface area contributed by atoms with Crippen LogP contribution >= 0.6 is 15.9 Å². The van der Waals surface area contributed by atoms with Gasteiger partial charge in [-0.2, -0.15) is 0 Å². The molecule has 16 heavy (non-hydrogen) atoms. The van der Waals surface area contributed by atoms with Crippen LogP contribution in [0.15, 0.2) is 28.7 Å². The summed E-state index contributed by atoms with van der Waals surface area (Å²) in [5.74, 6) is 0. The van der Waals surface area contributed by atoms with Gasteiger partial charge in [-0.15, -0.1) is 0 Å². The van der Waals surface area contributed by atoms with Crippen LogP contribution in [0.3, 0.4) is 0 Å². The minimum Gasteiger partial charge on any atom is -0.329 e. The Morgan fingerprint density at radius 1 is 1.38 bits per heavy atom. The molecule has 0 saturated heterocycles. The predicted molar refractivity (Wildman–Crippen MR) is 71.3 cm³/mol. The summed E-state index contributed by atoms with van der Waals surface area (Å²) in [5, 5.41) is 3.66. The number of hydrogen-bond donors (Lipinski definition) is 2. The van der Waals surface area contributed by atoms with E-state index >= 15 is 0 Å². The van der Waals surface area contributed by atoms with Gasteiger partial charge in [0.1, 0.15) is 0 Å². The summed E-state index contributed by atoms with van der Waals surface area (Å²) in [7, 11) is 0. The molecule has 0 aliphatic heterocycles.